The van der Waals surface area contributed by atoms with E-state index in [1.807, 2.05) is 6.92 Å². The maximum atomic E-state index is 11.5. The predicted molar refractivity (Wildman–Crippen MR) is 62.5 cm³/mol. The summed E-state index contributed by atoms with van der Waals surface area (Å²) >= 11 is 0. The van der Waals surface area contributed by atoms with Crippen LogP contribution in [-0.4, -0.2) is 42.9 Å². The lowest BCUT2D eigenvalue weighted by atomic mass is 10.1. The topological polar surface area (TPSA) is 87.7 Å². The molecule has 96 valence electrons. The van der Waals surface area contributed by atoms with Crippen LogP contribution in [0.1, 0.15) is 19.8 Å². The van der Waals surface area contributed by atoms with Gasteiger partial charge in [0, 0.05) is 19.6 Å². The molecule has 0 spiro atoms. The predicted octanol–water partition coefficient (Wildman–Crippen LogP) is 0.187. The molecule has 17 heavy (non-hydrogen) atoms. The highest BCUT2D eigenvalue weighted by Gasteiger charge is 2.20. The number of terminal acetylenes is 1. The van der Waals surface area contributed by atoms with Crippen LogP contribution >= 0.6 is 0 Å². The Bertz CT molecular complexity index is 298. The van der Waals surface area contributed by atoms with E-state index in [-0.39, 0.29) is 12.6 Å². The Morgan fingerprint density at radius 1 is 1.47 bits per heavy atom. The standard InChI is InChI=1S/C11H18N2O4/c1-4-6-8(5-2)12-11(16)13-9(7-17-3)10(14)15/h1,8-9H,5-7H2,2-3H3,(H,14,15)(H2,12,13,16). The Labute approximate surface area is 101 Å². The second-order valence-corrected chi connectivity index (χ2v) is 3.48. The van der Waals surface area contributed by atoms with Crippen LogP contribution in [0.2, 0.25) is 0 Å². The zero-order valence-electron chi connectivity index (χ0n) is 10.0. The molecule has 3 N–H and O–H groups in total. The minimum Gasteiger partial charge on any atom is -0.480 e. The van der Waals surface area contributed by atoms with Gasteiger partial charge >= 0.3 is 12.0 Å². The summed E-state index contributed by atoms with van der Waals surface area (Å²) in [5.74, 6) is 1.30. The van der Waals surface area contributed by atoms with Gasteiger partial charge in [0.1, 0.15) is 0 Å². The maximum absolute atomic E-state index is 11.5. The Hall–Kier alpha value is -1.74. The van der Waals surface area contributed by atoms with Crippen molar-refractivity contribution in [2.24, 2.45) is 0 Å². The van der Waals surface area contributed by atoms with Gasteiger partial charge in [0.15, 0.2) is 6.04 Å². The molecule has 0 bridgehead atoms. The third-order valence-electron chi connectivity index (χ3n) is 2.13. The first-order valence-corrected chi connectivity index (χ1v) is 5.27. The number of methoxy groups -OCH3 is 1. The van der Waals surface area contributed by atoms with Crippen LogP contribution in [0.5, 0.6) is 0 Å². The lowest BCUT2D eigenvalue weighted by Gasteiger charge is -2.18. The van der Waals surface area contributed by atoms with Crippen molar-refractivity contribution in [2.45, 2.75) is 31.8 Å². The van der Waals surface area contributed by atoms with Crippen molar-refractivity contribution < 1.29 is 19.4 Å². The molecule has 0 aliphatic carbocycles. The molecule has 0 fully saturated rings. The molecule has 2 unspecified atom stereocenters. The number of carbonyl (C=O) groups is 2. The molecule has 0 aromatic carbocycles. The minimum atomic E-state index is -1.15. The van der Waals surface area contributed by atoms with Gasteiger partial charge in [-0.1, -0.05) is 6.92 Å². The van der Waals surface area contributed by atoms with Gasteiger partial charge in [-0.15, -0.1) is 12.3 Å². The molecule has 0 radical (unpaired) electrons. The van der Waals surface area contributed by atoms with Crippen LogP contribution in [0.3, 0.4) is 0 Å². The molecule has 0 saturated heterocycles. The van der Waals surface area contributed by atoms with E-state index in [0.29, 0.717) is 12.8 Å². The van der Waals surface area contributed by atoms with Crippen molar-refractivity contribution in [3.8, 4) is 12.3 Å². The molecule has 2 amide bonds. The number of nitrogens with one attached hydrogen (secondary N) is 2. The molecule has 6 heteroatoms. The van der Waals surface area contributed by atoms with Gasteiger partial charge in [-0.25, -0.2) is 9.59 Å². The Balaban J connectivity index is 4.22. The highest BCUT2D eigenvalue weighted by atomic mass is 16.5. The van der Waals surface area contributed by atoms with E-state index < -0.39 is 18.0 Å². The number of rotatable bonds is 7. The van der Waals surface area contributed by atoms with Gasteiger partial charge in [-0.3, -0.25) is 0 Å². The SMILES string of the molecule is C#CCC(CC)NC(=O)NC(COC)C(=O)O. The molecule has 6 nitrogen and oxygen atoms in total. The number of hydrogen-bond donors (Lipinski definition) is 3. The Morgan fingerprint density at radius 3 is 2.53 bits per heavy atom. The molecule has 0 aliphatic heterocycles. The second-order valence-electron chi connectivity index (χ2n) is 3.48. The number of amides is 2. The molecule has 0 aromatic heterocycles. The normalized spacial score (nSPS) is 13.2. The van der Waals surface area contributed by atoms with Crippen molar-refractivity contribution in [1.82, 2.24) is 10.6 Å². The van der Waals surface area contributed by atoms with Crippen LogP contribution in [0.25, 0.3) is 0 Å². The third kappa shape index (κ3) is 6.43. The first-order chi connectivity index (χ1) is 8.04. The number of carboxylic acid groups (broad SMARTS) is 1. The van der Waals surface area contributed by atoms with E-state index in [1.165, 1.54) is 7.11 Å². The highest BCUT2D eigenvalue weighted by Crippen LogP contribution is 1.96. The van der Waals surface area contributed by atoms with Gasteiger partial charge < -0.3 is 20.5 Å². The summed E-state index contributed by atoms with van der Waals surface area (Å²) in [5, 5.41) is 13.7. The third-order valence-corrected chi connectivity index (χ3v) is 2.13. The fraction of sp³-hybridized carbons (Fsp3) is 0.636. The number of urea groups is 1. The van der Waals surface area contributed by atoms with Gasteiger partial charge in [0.05, 0.1) is 6.61 Å². The van der Waals surface area contributed by atoms with E-state index in [1.54, 1.807) is 0 Å². The van der Waals surface area contributed by atoms with E-state index in [0.717, 1.165) is 0 Å². The Morgan fingerprint density at radius 2 is 2.12 bits per heavy atom. The summed E-state index contributed by atoms with van der Waals surface area (Å²) in [6, 6.07) is -1.78. The van der Waals surface area contributed by atoms with E-state index in [2.05, 4.69) is 21.3 Å². The van der Waals surface area contributed by atoms with E-state index in [9.17, 15) is 9.59 Å². The molecular weight excluding hydrogens is 224 g/mol. The fourth-order valence-electron chi connectivity index (χ4n) is 1.17. The highest BCUT2D eigenvalue weighted by molar-refractivity contribution is 5.82. The summed E-state index contributed by atoms with van der Waals surface area (Å²) < 4.78 is 4.69. The number of ether oxygens (including phenoxy) is 1. The molecule has 0 aliphatic rings. The first kappa shape index (κ1) is 15.3. The fourth-order valence-corrected chi connectivity index (χ4v) is 1.17. The summed E-state index contributed by atoms with van der Waals surface area (Å²) in [6.45, 7) is 1.79. The number of carbonyl (C=O) groups excluding carboxylic acids is 1. The van der Waals surface area contributed by atoms with Crippen molar-refractivity contribution >= 4 is 12.0 Å². The molecule has 0 aromatic rings. The zero-order chi connectivity index (χ0) is 13.3. The number of carboxylic acids is 1. The van der Waals surface area contributed by atoms with E-state index >= 15 is 0 Å². The van der Waals surface area contributed by atoms with E-state index in [4.69, 9.17) is 11.5 Å². The molecular formula is C11H18N2O4. The zero-order valence-corrected chi connectivity index (χ0v) is 10.0. The van der Waals surface area contributed by atoms with Gasteiger partial charge in [0.25, 0.3) is 0 Å². The van der Waals surface area contributed by atoms with Crippen LogP contribution in [0.4, 0.5) is 4.79 Å². The molecule has 0 rings (SSSR count). The van der Waals surface area contributed by atoms with Crippen molar-refractivity contribution in [3.63, 3.8) is 0 Å². The molecule has 0 heterocycles. The van der Waals surface area contributed by atoms with Crippen LogP contribution < -0.4 is 10.6 Å². The molecule has 2 atom stereocenters. The summed E-state index contributed by atoms with van der Waals surface area (Å²) in [6.07, 6.45) is 6.23. The minimum absolute atomic E-state index is 0.0886. The molecule has 0 saturated carbocycles. The number of aliphatic carboxylic acids is 1. The first-order valence-electron chi connectivity index (χ1n) is 5.27. The van der Waals surface area contributed by atoms with Crippen molar-refractivity contribution in [1.29, 1.82) is 0 Å². The van der Waals surface area contributed by atoms with Crippen molar-refractivity contribution in [3.05, 3.63) is 0 Å². The average Bonchev–Trinajstić information content (AvgIpc) is 2.27. The lowest BCUT2D eigenvalue weighted by molar-refractivity contribution is -0.140. The van der Waals surface area contributed by atoms with Crippen molar-refractivity contribution in [2.75, 3.05) is 13.7 Å². The van der Waals surface area contributed by atoms with Crippen LogP contribution in [0, 0.1) is 12.3 Å². The van der Waals surface area contributed by atoms with Gasteiger partial charge in [-0.05, 0) is 6.42 Å². The van der Waals surface area contributed by atoms with Gasteiger partial charge in [0.2, 0.25) is 0 Å². The summed E-state index contributed by atoms with van der Waals surface area (Å²) in [5.41, 5.74) is 0. The smallest absolute Gasteiger partial charge is 0.328 e. The average molecular weight is 242 g/mol. The van der Waals surface area contributed by atoms with Crippen LogP contribution in [0.15, 0.2) is 0 Å². The quantitative estimate of drug-likeness (QED) is 0.556. The Kier molecular flexibility index (Phi) is 7.55. The number of hydrogen-bond acceptors (Lipinski definition) is 3. The van der Waals surface area contributed by atoms with Crippen LogP contribution in [-0.2, 0) is 9.53 Å². The largest absolute Gasteiger partial charge is 0.480 e. The summed E-state index contributed by atoms with van der Waals surface area (Å²) in [7, 11) is 1.36. The lowest BCUT2D eigenvalue weighted by Crippen LogP contribution is -2.50. The monoisotopic (exact) mass is 242 g/mol. The second kappa shape index (κ2) is 8.42. The summed E-state index contributed by atoms with van der Waals surface area (Å²) in [4.78, 5) is 22.2. The van der Waals surface area contributed by atoms with Gasteiger partial charge in [-0.2, -0.15) is 0 Å². The maximum Gasteiger partial charge on any atom is 0.328 e.